The topological polar surface area (TPSA) is 63.4 Å². The standard InChI is InChI=1S/C14H20ClFN2O2S/c1-21(19,20)18-6-2-3-10(9-18)7-14(17)12-5-4-11(15)8-13(12)16/h4-5,8,10,14H,2-3,6-7,9,17H2,1H3. The van der Waals surface area contributed by atoms with Crippen molar-refractivity contribution in [2.24, 2.45) is 11.7 Å². The van der Waals surface area contributed by atoms with Gasteiger partial charge in [0.2, 0.25) is 10.0 Å². The molecule has 118 valence electrons. The number of benzene rings is 1. The van der Waals surface area contributed by atoms with Gasteiger partial charge < -0.3 is 5.73 Å². The van der Waals surface area contributed by atoms with Gasteiger partial charge in [0.05, 0.1) is 6.26 Å². The van der Waals surface area contributed by atoms with E-state index in [2.05, 4.69) is 0 Å². The molecular weight excluding hydrogens is 315 g/mol. The van der Waals surface area contributed by atoms with E-state index in [1.54, 1.807) is 12.1 Å². The van der Waals surface area contributed by atoms with Gasteiger partial charge in [-0.15, -0.1) is 0 Å². The largest absolute Gasteiger partial charge is 0.324 e. The van der Waals surface area contributed by atoms with Gasteiger partial charge in [-0.05, 0) is 37.3 Å². The van der Waals surface area contributed by atoms with Gasteiger partial charge in [0, 0.05) is 29.7 Å². The molecule has 0 spiro atoms. The van der Waals surface area contributed by atoms with Gasteiger partial charge in [-0.1, -0.05) is 17.7 Å². The molecule has 1 heterocycles. The first-order chi connectivity index (χ1) is 9.77. The lowest BCUT2D eigenvalue weighted by Crippen LogP contribution is -2.40. The molecule has 0 aliphatic carbocycles. The zero-order valence-corrected chi connectivity index (χ0v) is 13.5. The minimum atomic E-state index is -3.17. The van der Waals surface area contributed by atoms with Crippen LogP contribution < -0.4 is 5.73 Å². The average molecular weight is 335 g/mol. The first-order valence-corrected chi connectivity index (χ1v) is 9.15. The van der Waals surface area contributed by atoms with Gasteiger partial charge in [-0.3, -0.25) is 0 Å². The van der Waals surface area contributed by atoms with Crippen molar-refractivity contribution in [2.45, 2.75) is 25.3 Å². The second kappa shape index (κ2) is 6.60. The first-order valence-electron chi connectivity index (χ1n) is 6.93. The molecular formula is C14H20ClFN2O2S. The summed E-state index contributed by atoms with van der Waals surface area (Å²) in [6, 6.07) is 4.01. The minimum absolute atomic E-state index is 0.151. The molecule has 1 aromatic carbocycles. The normalized spacial score (nSPS) is 22.2. The van der Waals surface area contributed by atoms with E-state index in [0.29, 0.717) is 30.1 Å². The SMILES string of the molecule is CS(=O)(=O)N1CCCC(CC(N)c2ccc(Cl)cc2F)C1. The number of piperidine rings is 1. The third kappa shape index (κ3) is 4.39. The molecule has 2 N–H and O–H groups in total. The fraction of sp³-hybridized carbons (Fsp3) is 0.571. The Labute approximate surface area is 130 Å². The van der Waals surface area contributed by atoms with Gasteiger partial charge in [0.25, 0.3) is 0 Å². The number of hydrogen-bond donors (Lipinski definition) is 1. The molecule has 1 aliphatic heterocycles. The molecule has 0 amide bonds. The summed E-state index contributed by atoms with van der Waals surface area (Å²) in [7, 11) is -3.17. The summed E-state index contributed by atoms with van der Waals surface area (Å²) < 4.78 is 38.5. The van der Waals surface area contributed by atoms with Crippen molar-refractivity contribution in [1.82, 2.24) is 4.31 Å². The maximum atomic E-state index is 13.9. The summed E-state index contributed by atoms with van der Waals surface area (Å²) in [6.07, 6.45) is 3.50. The molecule has 1 saturated heterocycles. The Morgan fingerprint density at radius 3 is 2.86 bits per heavy atom. The highest BCUT2D eigenvalue weighted by Crippen LogP contribution is 2.29. The molecule has 1 aromatic rings. The van der Waals surface area contributed by atoms with Crippen LogP contribution in [-0.2, 0) is 10.0 Å². The lowest BCUT2D eigenvalue weighted by atomic mass is 9.90. The van der Waals surface area contributed by atoms with Crippen LogP contribution in [0, 0.1) is 11.7 Å². The predicted molar refractivity (Wildman–Crippen MR) is 82.1 cm³/mol. The van der Waals surface area contributed by atoms with Crippen molar-refractivity contribution in [2.75, 3.05) is 19.3 Å². The Morgan fingerprint density at radius 1 is 1.52 bits per heavy atom. The van der Waals surface area contributed by atoms with E-state index in [0.717, 1.165) is 12.8 Å². The van der Waals surface area contributed by atoms with Gasteiger partial charge >= 0.3 is 0 Å². The van der Waals surface area contributed by atoms with Crippen LogP contribution >= 0.6 is 11.6 Å². The molecule has 1 aliphatic rings. The third-order valence-corrected chi connectivity index (χ3v) is 5.40. The van der Waals surface area contributed by atoms with Gasteiger partial charge in [0.15, 0.2) is 0 Å². The monoisotopic (exact) mass is 334 g/mol. The lowest BCUT2D eigenvalue weighted by Gasteiger charge is -2.32. The third-order valence-electron chi connectivity index (χ3n) is 3.90. The highest BCUT2D eigenvalue weighted by atomic mass is 35.5. The summed E-state index contributed by atoms with van der Waals surface area (Å²) in [6.45, 7) is 1.02. The molecule has 2 unspecified atom stereocenters. The quantitative estimate of drug-likeness (QED) is 0.920. The molecule has 0 radical (unpaired) electrons. The van der Waals surface area contributed by atoms with Crippen LogP contribution in [0.4, 0.5) is 4.39 Å². The average Bonchev–Trinajstić information content (AvgIpc) is 2.37. The van der Waals surface area contributed by atoms with Crippen molar-refractivity contribution in [3.8, 4) is 0 Å². The Kier molecular flexibility index (Phi) is 5.24. The second-order valence-electron chi connectivity index (χ2n) is 5.64. The zero-order valence-electron chi connectivity index (χ0n) is 11.9. The Bertz CT molecular complexity index is 609. The molecule has 1 fully saturated rings. The summed E-state index contributed by atoms with van der Waals surface area (Å²) >= 11 is 5.73. The number of sulfonamides is 1. The number of nitrogens with zero attached hydrogens (tertiary/aromatic N) is 1. The van der Waals surface area contributed by atoms with Crippen LogP contribution in [0.1, 0.15) is 30.9 Å². The molecule has 21 heavy (non-hydrogen) atoms. The van der Waals surface area contributed by atoms with Crippen LogP contribution in [0.2, 0.25) is 5.02 Å². The van der Waals surface area contributed by atoms with Gasteiger partial charge in [-0.2, -0.15) is 0 Å². The van der Waals surface area contributed by atoms with Crippen molar-refractivity contribution in [1.29, 1.82) is 0 Å². The van der Waals surface area contributed by atoms with Crippen LogP contribution in [0.15, 0.2) is 18.2 Å². The Hall–Kier alpha value is -0.690. The number of rotatable bonds is 4. The lowest BCUT2D eigenvalue weighted by molar-refractivity contribution is 0.246. The molecule has 0 aromatic heterocycles. The van der Waals surface area contributed by atoms with Crippen LogP contribution in [0.25, 0.3) is 0 Å². The molecule has 0 bridgehead atoms. The van der Waals surface area contributed by atoms with Crippen LogP contribution in [0.3, 0.4) is 0 Å². The highest BCUT2D eigenvalue weighted by molar-refractivity contribution is 7.88. The maximum Gasteiger partial charge on any atom is 0.211 e. The van der Waals surface area contributed by atoms with Crippen molar-refractivity contribution in [3.63, 3.8) is 0 Å². The second-order valence-corrected chi connectivity index (χ2v) is 8.06. The van der Waals surface area contributed by atoms with Crippen molar-refractivity contribution in [3.05, 3.63) is 34.6 Å². The molecule has 4 nitrogen and oxygen atoms in total. The van der Waals surface area contributed by atoms with E-state index in [1.807, 2.05) is 0 Å². The molecule has 2 rings (SSSR count). The molecule has 7 heteroatoms. The zero-order chi connectivity index (χ0) is 15.6. The minimum Gasteiger partial charge on any atom is -0.324 e. The summed E-state index contributed by atoms with van der Waals surface area (Å²) in [5, 5.41) is 0.337. The summed E-state index contributed by atoms with van der Waals surface area (Å²) in [5.74, 6) is -0.260. The van der Waals surface area contributed by atoms with Crippen molar-refractivity contribution >= 4 is 21.6 Å². The summed E-state index contributed by atoms with van der Waals surface area (Å²) in [5.41, 5.74) is 6.51. The smallest absolute Gasteiger partial charge is 0.211 e. The molecule has 2 atom stereocenters. The fourth-order valence-corrected chi connectivity index (χ4v) is 3.91. The van der Waals surface area contributed by atoms with E-state index in [4.69, 9.17) is 17.3 Å². The predicted octanol–water partition coefficient (Wildman–Crippen LogP) is 2.54. The van der Waals surface area contributed by atoms with Crippen LogP contribution in [0.5, 0.6) is 0 Å². The molecule has 0 saturated carbocycles. The van der Waals surface area contributed by atoms with Crippen LogP contribution in [-0.4, -0.2) is 32.1 Å². The van der Waals surface area contributed by atoms with Crippen molar-refractivity contribution < 1.29 is 12.8 Å². The Morgan fingerprint density at radius 2 is 2.24 bits per heavy atom. The Balaban J connectivity index is 2.03. The van der Waals surface area contributed by atoms with E-state index >= 15 is 0 Å². The number of hydrogen-bond acceptors (Lipinski definition) is 3. The summed E-state index contributed by atoms with van der Waals surface area (Å²) in [4.78, 5) is 0. The van der Waals surface area contributed by atoms with E-state index in [-0.39, 0.29) is 5.92 Å². The van der Waals surface area contributed by atoms with E-state index in [9.17, 15) is 12.8 Å². The number of halogens is 2. The van der Waals surface area contributed by atoms with Gasteiger partial charge in [-0.25, -0.2) is 17.1 Å². The first kappa shape index (κ1) is 16.7. The van der Waals surface area contributed by atoms with Gasteiger partial charge in [0.1, 0.15) is 5.82 Å². The number of nitrogens with two attached hydrogens (primary N) is 1. The van der Waals surface area contributed by atoms with E-state index in [1.165, 1.54) is 16.6 Å². The maximum absolute atomic E-state index is 13.9. The fourth-order valence-electron chi connectivity index (χ4n) is 2.81. The highest BCUT2D eigenvalue weighted by Gasteiger charge is 2.27. The van der Waals surface area contributed by atoms with E-state index < -0.39 is 21.9 Å².